The van der Waals surface area contributed by atoms with E-state index in [4.69, 9.17) is 29.3 Å². The minimum absolute atomic E-state index is 0.250. The first-order chi connectivity index (χ1) is 5.33. The van der Waals surface area contributed by atoms with Gasteiger partial charge in [0.15, 0.2) is 0 Å². The quantitative estimate of drug-likeness (QED) is 0.642. The zero-order valence-corrected chi connectivity index (χ0v) is 8.44. The molecule has 1 aliphatic rings. The summed E-state index contributed by atoms with van der Waals surface area (Å²) in [5.74, 6) is 0. The molecule has 0 amide bonds. The van der Waals surface area contributed by atoms with Crippen molar-refractivity contribution in [1.82, 2.24) is 0 Å². The maximum atomic E-state index is 8.12. The van der Waals surface area contributed by atoms with Crippen LogP contribution in [0.25, 0.3) is 0 Å². The molecule has 0 unspecified atom stereocenters. The Morgan fingerprint density at radius 2 is 1.45 bits per heavy atom. The Bertz CT molecular complexity index is 141. The number of hydrogen-bond donors (Lipinski definition) is 0. The Hall–Kier alpha value is 0.0244. The predicted molar refractivity (Wildman–Crippen MR) is 39.6 cm³/mol. The summed E-state index contributed by atoms with van der Waals surface area (Å²) in [5.41, 5.74) is 0. The molecular formula is C6H6Cl2O2V. The number of rotatable bonds is 0. The molecule has 0 radical (unpaired) electrons. The fourth-order valence-corrected chi connectivity index (χ4v) is 0.393. The van der Waals surface area contributed by atoms with Crippen LogP contribution < -0.4 is 0 Å². The first-order valence-corrected chi connectivity index (χ1v) is 6.41. The normalized spacial score (nSPS) is 10.0. The van der Waals surface area contributed by atoms with E-state index in [1.165, 1.54) is 0 Å². The van der Waals surface area contributed by atoms with Crippen LogP contribution >= 0.6 is 19.7 Å². The third kappa shape index (κ3) is 25.6. The van der Waals surface area contributed by atoms with E-state index in [0.717, 1.165) is 6.42 Å². The molecular weight excluding hydrogens is 226 g/mol. The number of hydrogen-bond acceptors (Lipinski definition) is 2. The molecule has 0 bridgehead atoms. The molecule has 61 valence electrons. The monoisotopic (exact) mass is 231 g/mol. The first kappa shape index (κ1) is 13.6. The van der Waals surface area contributed by atoms with Crippen molar-refractivity contribution in [1.29, 1.82) is 0 Å². The summed E-state index contributed by atoms with van der Waals surface area (Å²) in [6.07, 6.45) is 9.75. The van der Waals surface area contributed by atoms with Gasteiger partial charge in [-0.3, -0.25) is 0 Å². The zero-order valence-electron chi connectivity index (χ0n) is 5.54. The van der Waals surface area contributed by atoms with Crippen molar-refractivity contribution in [3.8, 4) is 0 Å². The molecule has 0 spiro atoms. The molecule has 1 rings (SSSR count). The molecule has 0 aromatic heterocycles. The summed E-state index contributed by atoms with van der Waals surface area (Å²) in [6, 6.07) is 0. The standard InChI is InChI=1S/C5H6.CO2.2ClH.V/c1-2-4-5-3-1;2-1-3;;;/h1-4H,5H2;;2*1H;/q;;;;+2/p-2. The summed E-state index contributed by atoms with van der Waals surface area (Å²) in [6.45, 7) is 0. The predicted octanol–water partition coefficient (Wildman–Crippen LogP) is 2.30. The van der Waals surface area contributed by atoms with Gasteiger partial charge < -0.3 is 0 Å². The van der Waals surface area contributed by atoms with Crippen molar-refractivity contribution >= 4 is 25.8 Å². The Kier molecular flexibility index (Phi) is 20.5. The van der Waals surface area contributed by atoms with Crippen LogP contribution in [0.1, 0.15) is 6.42 Å². The zero-order chi connectivity index (χ0) is 8.95. The van der Waals surface area contributed by atoms with Crippen molar-refractivity contribution in [2.24, 2.45) is 0 Å². The molecule has 0 aromatic rings. The van der Waals surface area contributed by atoms with Crippen LogP contribution in [0, 0.1) is 0 Å². The molecule has 0 saturated carbocycles. The Morgan fingerprint density at radius 3 is 1.55 bits per heavy atom. The van der Waals surface area contributed by atoms with Crippen molar-refractivity contribution in [3.63, 3.8) is 0 Å². The van der Waals surface area contributed by atoms with E-state index in [1.54, 1.807) is 0 Å². The molecule has 1 aliphatic carbocycles. The van der Waals surface area contributed by atoms with Gasteiger partial charge in [-0.15, -0.1) is 0 Å². The van der Waals surface area contributed by atoms with E-state index in [2.05, 4.69) is 24.3 Å². The molecule has 0 aromatic carbocycles. The van der Waals surface area contributed by atoms with Crippen molar-refractivity contribution < 1.29 is 24.0 Å². The van der Waals surface area contributed by atoms with Crippen LogP contribution in [0.3, 0.4) is 0 Å². The number of halogens is 2. The second kappa shape index (κ2) is 16.5. The minimum atomic E-state index is -0.368. The topological polar surface area (TPSA) is 34.1 Å². The van der Waals surface area contributed by atoms with Gasteiger partial charge in [-0.25, -0.2) is 0 Å². The molecule has 2 nitrogen and oxygen atoms in total. The molecule has 11 heavy (non-hydrogen) atoms. The molecule has 0 heterocycles. The van der Waals surface area contributed by atoms with Crippen LogP contribution in [-0.2, 0) is 24.0 Å². The summed E-state index contributed by atoms with van der Waals surface area (Å²) >= 11 is -0.368. The van der Waals surface area contributed by atoms with Crippen LogP contribution in [0.5, 0.6) is 0 Å². The third-order valence-corrected chi connectivity index (χ3v) is 0.655. The number of allylic oxidation sites excluding steroid dienone is 4. The second-order valence-electron chi connectivity index (χ2n) is 1.24. The Morgan fingerprint density at radius 1 is 1.18 bits per heavy atom. The van der Waals surface area contributed by atoms with Crippen LogP contribution in [0.15, 0.2) is 24.3 Å². The van der Waals surface area contributed by atoms with Crippen molar-refractivity contribution in [2.75, 3.05) is 0 Å². The summed E-state index contributed by atoms with van der Waals surface area (Å²) in [7, 11) is 9.72. The van der Waals surface area contributed by atoms with E-state index in [9.17, 15) is 0 Å². The van der Waals surface area contributed by atoms with Crippen LogP contribution in [0.4, 0.5) is 0 Å². The van der Waals surface area contributed by atoms with Gasteiger partial charge in [0, 0.05) is 0 Å². The van der Waals surface area contributed by atoms with Gasteiger partial charge in [0.25, 0.3) is 0 Å². The molecule has 0 aliphatic heterocycles. The fraction of sp³-hybridized carbons (Fsp3) is 0.167. The average molecular weight is 232 g/mol. The van der Waals surface area contributed by atoms with E-state index in [1.807, 2.05) is 0 Å². The van der Waals surface area contributed by atoms with Gasteiger partial charge in [0.2, 0.25) is 0 Å². The average Bonchev–Trinajstić information content (AvgIpc) is 2.44. The summed E-state index contributed by atoms with van der Waals surface area (Å²) in [5, 5.41) is 0. The van der Waals surface area contributed by atoms with Crippen molar-refractivity contribution in [3.05, 3.63) is 24.3 Å². The SMILES string of the molecule is C1=CCC=C1.O=C=O.[Cl][V][Cl]. The van der Waals surface area contributed by atoms with E-state index in [-0.39, 0.29) is 20.5 Å². The fourth-order valence-electron chi connectivity index (χ4n) is 0.393. The maximum absolute atomic E-state index is 8.12. The van der Waals surface area contributed by atoms with E-state index in [0.29, 0.717) is 0 Å². The molecule has 5 heteroatoms. The summed E-state index contributed by atoms with van der Waals surface area (Å²) < 4.78 is 0. The second-order valence-corrected chi connectivity index (χ2v) is 3.55. The van der Waals surface area contributed by atoms with E-state index < -0.39 is 0 Å². The van der Waals surface area contributed by atoms with Gasteiger partial charge in [-0.2, -0.15) is 9.59 Å². The Labute approximate surface area is 80.5 Å². The van der Waals surface area contributed by atoms with E-state index >= 15 is 0 Å². The molecule has 0 N–H and O–H groups in total. The number of carbonyl (C=O) groups excluding carboxylic acids is 2. The van der Waals surface area contributed by atoms with Gasteiger partial charge in [-0.1, -0.05) is 24.3 Å². The van der Waals surface area contributed by atoms with Gasteiger partial charge in [0.1, 0.15) is 0 Å². The third-order valence-electron chi connectivity index (χ3n) is 0.655. The van der Waals surface area contributed by atoms with Gasteiger partial charge >= 0.3 is 40.2 Å². The molecule has 0 atom stereocenters. The first-order valence-electron chi connectivity index (χ1n) is 2.56. The molecule has 0 saturated heterocycles. The Balaban J connectivity index is 0. The van der Waals surface area contributed by atoms with Crippen molar-refractivity contribution in [2.45, 2.75) is 6.42 Å². The molecule has 0 fully saturated rings. The van der Waals surface area contributed by atoms with Gasteiger partial charge in [-0.05, 0) is 6.42 Å². The van der Waals surface area contributed by atoms with Crippen LogP contribution in [-0.4, -0.2) is 6.15 Å². The summed E-state index contributed by atoms with van der Waals surface area (Å²) in [4.78, 5) is 16.2. The van der Waals surface area contributed by atoms with Gasteiger partial charge in [0.05, 0.1) is 0 Å². The van der Waals surface area contributed by atoms with Crippen LogP contribution in [0.2, 0.25) is 0 Å².